The Kier molecular flexibility index (Phi) is 6.38. The monoisotopic (exact) mass is 365 g/mol. The molecule has 0 aromatic heterocycles. The maximum Gasteiger partial charge on any atom is 0.418 e. The Morgan fingerprint density at radius 1 is 1.00 bits per heavy atom. The molecule has 0 aliphatic heterocycles. The second-order valence-electron chi connectivity index (χ2n) is 5.60. The van der Waals surface area contributed by atoms with Gasteiger partial charge in [-0.15, -0.1) is 0 Å². The van der Waals surface area contributed by atoms with Crippen molar-refractivity contribution in [3.63, 3.8) is 0 Å². The number of carbonyl (C=O) groups is 2. The van der Waals surface area contributed by atoms with Gasteiger partial charge in [-0.3, -0.25) is 9.59 Å². The van der Waals surface area contributed by atoms with Crippen LogP contribution in [-0.2, 0) is 11.0 Å². The summed E-state index contributed by atoms with van der Waals surface area (Å²) in [4.78, 5) is 23.9. The summed E-state index contributed by atoms with van der Waals surface area (Å²) in [7, 11) is 1.52. The van der Waals surface area contributed by atoms with Gasteiger partial charge in [0.15, 0.2) is 5.78 Å². The highest BCUT2D eigenvalue weighted by atomic mass is 19.4. The van der Waals surface area contributed by atoms with Crippen LogP contribution in [0.15, 0.2) is 48.5 Å². The zero-order valence-corrected chi connectivity index (χ0v) is 14.1. The van der Waals surface area contributed by atoms with E-state index in [9.17, 15) is 22.8 Å². The lowest BCUT2D eigenvalue weighted by atomic mass is 10.1. The van der Waals surface area contributed by atoms with Crippen LogP contribution in [0.2, 0.25) is 0 Å². The number of hydrogen-bond acceptors (Lipinski definition) is 3. The summed E-state index contributed by atoms with van der Waals surface area (Å²) in [6, 6.07) is 11.3. The number of nitrogens with one attached hydrogen (secondary N) is 1. The number of halogens is 3. The third-order valence-corrected chi connectivity index (χ3v) is 3.73. The van der Waals surface area contributed by atoms with Crippen LogP contribution in [0, 0.1) is 0 Å². The van der Waals surface area contributed by atoms with Gasteiger partial charge in [0.05, 0.1) is 18.4 Å². The fraction of sp³-hybridized carbons (Fsp3) is 0.263. The number of anilines is 1. The molecule has 0 radical (unpaired) electrons. The molecule has 0 aliphatic carbocycles. The second-order valence-corrected chi connectivity index (χ2v) is 5.60. The van der Waals surface area contributed by atoms with Gasteiger partial charge in [0.1, 0.15) is 5.75 Å². The molecule has 0 unspecified atom stereocenters. The molecular formula is C19H18F3NO3. The number of rotatable bonds is 7. The van der Waals surface area contributed by atoms with Crippen molar-refractivity contribution in [3.8, 4) is 5.75 Å². The third kappa shape index (κ3) is 5.34. The Hall–Kier alpha value is -2.83. The van der Waals surface area contributed by atoms with E-state index in [-0.39, 0.29) is 30.7 Å². The summed E-state index contributed by atoms with van der Waals surface area (Å²) >= 11 is 0. The number of alkyl halides is 3. The highest BCUT2D eigenvalue weighted by Crippen LogP contribution is 2.34. The molecule has 0 fully saturated rings. The first-order chi connectivity index (χ1) is 12.3. The largest absolute Gasteiger partial charge is 0.497 e. The van der Waals surface area contributed by atoms with Gasteiger partial charge in [0.2, 0.25) is 5.91 Å². The zero-order valence-electron chi connectivity index (χ0n) is 14.1. The first-order valence-electron chi connectivity index (χ1n) is 7.94. The number of amides is 1. The Bertz CT molecular complexity index is 770. The number of hydrogen-bond donors (Lipinski definition) is 1. The summed E-state index contributed by atoms with van der Waals surface area (Å²) in [6.07, 6.45) is -4.23. The van der Waals surface area contributed by atoms with E-state index in [2.05, 4.69) is 5.32 Å². The lowest BCUT2D eigenvalue weighted by molar-refractivity contribution is -0.137. The van der Waals surface area contributed by atoms with Gasteiger partial charge in [-0.25, -0.2) is 0 Å². The molecule has 0 saturated heterocycles. The molecule has 1 N–H and O–H groups in total. The zero-order chi connectivity index (χ0) is 19.2. The predicted octanol–water partition coefficient (Wildman–Crippen LogP) is 4.71. The molecule has 138 valence electrons. The van der Waals surface area contributed by atoms with Crippen LogP contribution in [0.3, 0.4) is 0 Å². The molecule has 2 rings (SSSR count). The van der Waals surface area contributed by atoms with Crippen molar-refractivity contribution in [3.05, 3.63) is 59.7 Å². The van der Waals surface area contributed by atoms with Crippen molar-refractivity contribution in [2.75, 3.05) is 12.4 Å². The van der Waals surface area contributed by atoms with Crippen molar-refractivity contribution in [1.29, 1.82) is 0 Å². The van der Waals surface area contributed by atoms with Gasteiger partial charge < -0.3 is 10.1 Å². The van der Waals surface area contributed by atoms with E-state index in [1.165, 1.54) is 25.3 Å². The van der Waals surface area contributed by atoms with E-state index in [0.29, 0.717) is 11.3 Å². The molecule has 26 heavy (non-hydrogen) atoms. The summed E-state index contributed by atoms with van der Waals surface area (Å²) in [5.74, 6) is -0.0790. The molecule has 7 heteroatoms. The van der Waals surface area contributed by atoms with E-state index >= 15 is 0 Å². The van der Waals surface area contributed by atoms with Crippen LogP contribution >= 0.6 is 0 Å². The summed E-state index contributed by atoms with van der Waals surface area (Å²) in [5, 5.41) is 2.26. The van der Waals surface area contributed by atoms with Crippen molar-refractivity contribution >= 4 is 17.4 Å². The lowest BCUT2D eigenvalue weighted by Crippen LogP contribution is -2.16. The highest BCUT2D eigenvalue weighted by Gasteiger charge is 2.33. The molecule has 0 atom stereocenters. The quantitative estimate of drug-likeness (QED) is 0.723. The summed E-state index contributed by atoms with van der Waals surface area (Å²) < 4.78 is 43.7. The van der Waals surface area contributed by atoms with Crippen molar-refractivity contribution in [2.45, 2.75) is 25.4 Å². The molecule has 0 bridgehead atoms. The maximum absolute atomic E-state index is 12.9. The van der Waals surface area contributed by atoms with Crippen LogP contribution in [0.4, 0.5) is 18.9 Å². The van der Waals surface area contributed by atoms with Crippen molar-refractivity contribution < 1.29 is 27.5 Å². The van der Waals surface area contributed by atoms with Crippen LogP contribution in [0.1, 0.15) is 35.2 Å². The van der Waals surface area contributed by atoms with E-state index in [4.69, 9.17) is 4.74 Å². The molecule has 2 aromatic rings. The van der Waals surface area contributed by atoms with E-state index in [0.717, 1.165) is 6.07 Å². The summed E-state index contributed by atoms with van der Waals surface area (Å²) in [6.45, 7) is 0. The minimum Gasteiger partial charge on any atom is -0.497 e. The number of methoxy groups -OCH3 is 1. The van der Waals surface area contributed by atoms with Gasteiger partial charge in [0.25, 0.3) is 0 Å². The molecule has 2 aromatic carbocycles. The number of para-hydroxylation sites is 1. The first kappa shape index (κ1) is 19.5. The Morgan fingerprint density at radius 2 is 1.65 bits per heavy atom. The van der Waals surface area contributed by atoms with Crippen molar-refractivity contribution in [1.82, 2.24) is 0 Å². The molecule has 4 nitrogen and oxygen atoms in total. The van der Waals surface area contributed by atoms with Gasteiger partial charge in [-0.1, -0.05) is 12.1 Å². The van der Waals surface area contributed by atoms with E-state index in [1.807, 2.05) is 0 Å². The van der Waals surface area contributed by atoms with Crippen molar-refractivity contribution in [2.24, 2.45) is 0 Å². The first-order valence-corrected chi connectivity index (χ1v) is 7.94. The van der Waals surface area contributed by atoms with Gasteiger partial charge in [-0.2, -0.15) is 13.2 Å². The van der Waals surface area contributed by atoms with Crippen LogP contribution in [-0.4, -0.2) is 18.8 Å². The third-order valence-electron chi connectivity index (χ3n) is 3.73. The second kappa shape index (κ2) is 8.51. The van der Waals surface area contributed by atoms with Crippen LogP contribution in [0.5, 0.6) is 5.75 Å². The molecule has 0 heterocycles. The number of ketones is 1. The number of Topliss-reactive ketones (excluding diaryl/α,β-unsaturated/α-hetero) is 1. The molecule has 0 aliphatic rings. The lowest BCUT2D eigenvalue weighted by Gasteiger charge is -2.13. The van der Waals surface area contributed by atoms with Gasteiger partial charge in [0, 0.05) is 18.4 Å². The number of benzene rings is 2. The predicted molar refractivity (Wildman–Crippen MR) is 91.2 cm³/mol. The van der Waals surface area contributed by atoms with Gasteiger partial charge >= 0.3 is 6.18 Å². The van der Waals surface area contributed by atoms with E-state index < -0.39 is 17.6 Å². The van der Waals surface area contributed by atoms with E-state index in [1.54, 1.807) is 24.3 Å². The average molecular weight is 365 g/mol. The standard InChI is InChI=1S/C19H18F3NO3/c1-26-14-11-9-13(10-12-14)17(24)7-4-8-18(25)23-16-6-3-2-5-15(16)19(20,21)22/h2-3,5-6,9-12H,4,7-8H2,1H3,(H,23,25). The Morgan fingerprint density at radius 3 is 2.27 bits per heavy atom. The maximum atomic E-state index is 12.9. The number of carbonyl (C=O) groups excluding carboxylic acids is 2. The average Bonchev–Trinajstić information content (AvgIpc) is 2.61. The van der Waals surface area contributed by atoms with Crippen LogP contribution in [0.25, 0.3) is 0 Å². The minimum absolute atomic E-state index is 0.0475. The normalized spacial score (nSPS) is 11.1. The molecular weight excluding hydrogens is 347 g/mol. The fourth-order valence-corrected chi connectivity index (χ4v) is 2.38. The number of ether oxygens (including phenoxy) is 1. The molecule has 1 amide bonds. The van der Waals surface area contributed by atoms with Gasteiger partial charge in [-0.05, 0) is 42.8 Å². The fourth-order valence-electron chi connectivity index (χ4n) is 2.38. The highest BCUT2D eigenvalue weighted by molar-refractivity contribution is 5.97. The minimum atomic E-state index is -4.55. The summed E-state index contributed by atoms with van der Waals surface area (Å²) in [5.41, 5.74) is -0.692. The Balaban J connectivity index is 1.87. The topological polar surface area (TPSA) is 55.4 Å². The smallest absolute Gasteiger partial charge is 0.418 e. The van der Waals surface area contributed by atoms with Crippen LogP contribution < -0.4 is 10.1 Å². The SMILES string of the molecule is COc1ccc(C(=O)CCCC(=O)Nc2ccccc2C(F)(F)F)cc1. The Labute approximate surface area is 149 Å². The molecule has 0 spiro atoms. The molecule has 0 saturated carbocycles.